The topological polar surface area (TPSA) is 71.0 Å². The van der Waals surface area contributed by atoms with Crippen molar-refractivity contribution in [1.82, 2.24) is 10.3 Å². The van der Waals surface area contributed by atoms with E-state index in [9.17, 15) is 9.59 Å². The van der Waals surface area contributed by atoms with E-state index >= 15 is 0 Å². The summed E-state index contributed by atoms with van der Waals surface area (Å²) < 4.78 is 5.18. The van der Waals surface area contributed by atoms with Gasteiger partial charge in [0.1, 0.15) is 5.75 Å². The molecule has 118 valence electrons. The minimum atomic E-state index is -0.701. The number of carbonyl (C=O) groups excluding carboxylic acids is 2. The van der Waals surface area contributed by atoms with Crippen molar-refractivity contribution < 1.29 is 14.3 Å². The van der Waals surface area contributed by atoms with E-state index < -0.39 is 11.8 Å². The van der Waals surface area contributed by atoms with Gasteiger partial charge in [0.15, 0.2) is 0 Å². The number of methoxy groups -OCH3 is 1. The van der Waals surface area contributed by atoms with E-state index in [1.165, 1.54) is 6.21 Å². The van der Waals surface area contributed by atoms with Crippen molar-refractivity contribution in [2.75, 3.05) is 20.2 Å². The molecule has 0 bridgehead atoms. The highest BCUT2D eigenvalue weighted by atomic mass is 16.5. The Kier molecular flexibility index (Phi) is 5.94. The molecule has 1 heterocycles. The lowest BCUT2D eigenvalue weighted by atomic mass is 10.2. The number of nitrogens with zero attached hydrogens (tertiary/aromatic N) is 2. The molecule has 0 atom stereocenters. The van der Waals surface area contributed by atoms with Crippen molar-refractivity contribution in [2.45, 2.75) is 25.7 Å². The van der Waals surface area contributed by atoms with E-state index in [0.29, 0.717) is 18.8 Å². The number of amides is 2. The summed E-state index contributed by atoms with van der Waals surface area (Å²) >= 11 is 0. The maximum absolute atomic E-state index is 12.0. The summed E-state index contributed by atoms with van der Waals surface area (Å²) in [7, 11) is 1.56. The summed E-state index contributed by atoms with van der Waals surface area (Å²) in [5, 5.41) is 3.84. The second-order valence-electron chi connectivity index (χ2n) is 5.15. The van der Waals surface area contributed by atoms with E-state index in [4.69, 9.17) is 4.74 Å². The molecule has 0 spiro atoms. The van der Waals surface area contributed by atoms with Gasteiger partial charge in [0.2, 0.25) is 0 Å². The van der Waals surface area contributed by atoms with E-state index in [-0.39, 0.29) is 0 Å². The van der Waals surface area contributed by atoms with Gasteiger partial charge < -0.3 is 9.64 Å². The quantitative estimate of drug-likeness (QED) is 0.523. The molecule has 0 aromatic heterocycles. The molecular formula is C16H21N3O3. The van der Waals surface area contributed by atoms with Gasteiger partial charge in [0.25, 0.3) is 0 Å². The molecule has 0 saturated carbocycles. The van der Waals surface area contributed by atoms with Crippen molar-refractivity contribution in [1.29, 1.82) is 0 Å². The van der Waals surface area contributed by atoms with Crippen molar-refractivity contribution in [3.05, 3.63) is 29.8 Å². The van der Waals surface area contributed by atoms with Crippen molar-refractivity contribution in [3.63, 3.8) is 0 Å². The lowest BCUT2D eigenvalue weighted by Gasteiger charge is -2.18. The molecule has 0 aliphatic carbocycles. The van der Waals surface area contributed by atoms with Crippen LogP contribution in [-0.2, 0) is 9.59 Å². The van der Waals surface area contributed by atoms with Crippen LogP contribution in [-0.4, -0.2) is 43.1 Å². The number of nitrogens with one attached hydrogen (secondary N) is 1. The second-order valence-corrected chi connectivity index (χ2v) is 5.15. The first-order valence-electron chi connectivity index (χ1n) is 7.47. The Morgan fingerprint density at radius 3 is 2.55 bits per heavy atom. The molecule has 0 radical (unpaired) electrons. The van der Waals surface area contributed by atoms with Crippen LogP contribution in [0.5, 0.6) is 5.75 Å². The molecule has 1 aromatic rings. The van der Waals surface area contributed by atoms with Crippen molar-refractivity contribution in [3.8, 4) is 5.75 Å². The Morgan fingerprint density at radius 1 is 1.18 bits per heavy atom. The van der Waals surface area contributed by atoms with Crippen LogP contribution in [0.4, 0.5) is 0 Å². The molecule has 6 nitrogen and oxygen atoms in total. The molecule has 2 rings (SSSR count). The predicted octanol–water partition coefficient (Wildman–Crippen LogP) is 1.55. The zero-order chi connectivity index (χ0) is 15.8. The minimum absolute atomic E-state index is 0.515. The van der Waals surface area contributed by atoms with Gasteiger partial charge in [-0.1, -0.05) is 25.0 Å². The van der Waals surface area contributed by atoms with Crippen LogP contribution in [0.1, 0.15) is 31.2 Å². The number of hydrogen-bond donors (Lipinski definition) is 1. The normalized spacial score (nSPS) is 15.4. The first-order chi connectivity index (χ1) is 10.7. The third-order valence-electron chi connectivity index (χ3n) is 3.60. The van der Waals surface area contributed by atoms with Gasteiger partial charge in [-0.25, -0.2) is 5.43 Å². The fraction of sp³-hybridized carbons (Fsp3) is 0.438. The highest BCUT2D eigenvalue weighted by Gasteiger charge is 2.22. The van der Waals surface area contributed by atoms with Gasteiger partial charge in [-0.15, -0.1) is 0 Å². The van der Waals surface area contributed by atoms with Crippen LogP contribution in [0.2, 0.25) is 0 Å². The van der Waals surface area contributed by atoms with Gasteiger partial charge in [-0.3, -0.25) is 9.59 Å². The van der Waals surface area contributed by atoms with E-state index in [2.05, 4.69) is 10.5 Å². The average molecular weight is 303 g/mol. The van der Waals surface area contributed by atoms with Gasteiger partial charge in [0.05, 0.1) is 13.3 Å². The number of carbonyl (C=O) groups is 2. The maximum atomic E-state index is 12.0. The number of benzene rings is 1. The van der Waals surface area contributed by atoms with Gasteiger partial charge in [-0.05, 0) is 25.0 Å². The number of ether oxygens (including phenoxy) is 1. The Hall–Kier alpha value is -2.37. The SMILES string of the molecule is COc1ccccc1/C=N/NC(=O)C(=O)N1CCCCCC1. The standard InChI is InChI=1S/C16H21N3O3/c1-22-14-9-5-4-8-13(14)12-17-18-15(20)16(21)19-10-6-2-3-7-11-19/h4-5,8-9,12H,2-3,6-7,10-11H2,1H3,(H,18,20)/b17-12+. The van der Waals surface area contributed by atoms with Crippen molar-refractivity contribution >= 4 is 18.0 Å². The molecule has 1 fully saturated rings. The molecule has 6 heteroatoms. The number of likely N-dealkylation sites (tertiary alicyclic amines) is 1. The van der Waals surface area contributed by atoms with Gasteiger partial charge >= 0.3 is 11.8 Å². The van der Waals surface area contributed by atoms with Gasteiger partial charge in [0, 0.05) is 18.7 Å². The zero-order valence-corrected chi connectivity index (χ0v) is 12.7. The molecule has 1 aliphatic rings. The van der Waals surface area contributed by atoms with E-state index in [1.807, 2.05) is 18.2 Å². The molecule has 2 amide bonds. The van der Waals surface area contributed by atoms with Crippen LogP contribution in [0.3, 0.4) is 0 Å². The van der Waals surface area contributed by atoms with E-state index in [1.54, 1.807) is 18.1 Å². The monoisotopic (exact) mass is 303 g/mol. The fourth-order valence-corrected chi connectivity index (χ4v) is 2.40. The molecule has 22 heavy (non-hydrogen) atoms. The van der Waals surface area contributed by atoms with Crippen LogP contribution in [0, 0.1) is 0 Å². The lowest BCUT2D eigenvalue weighted by Crippen LogP contribution is -2.41. The van der Waals surface area contributed by atoms with Crippen LogP contribution < -0.4 is 10.2 Å². The Labute approximate surface area is 130 Å². The molecule has 1 N–H and O–H groups in total. The zero-order valence-electron chi connectivity index (χ0n) is 12.7. The van der Waals surface area contributed by atoms with Crippen molar-refractivity contribution in [2.24, 2.45) is 5.10 Å². The summed E-state index contributed by atoms with van der Waals surface area (Å²) in [6.07, 6.45) is 5.58. The number of rotatable bonds is 3. The highest BCUT2D eigenvalue weighted by molar-refractivity contribution is 6.35. The number of para-hydroxylation sites is 1. The second kappa shape index (κ2) is 8.17. The molecule has 1 saturated heterocycles. The summed E-state index contributed by atoms with van der Waals surface area (Å²) in [6, 6.07) is 7.29. The third kappa shape index (κ3) is 4.31. The van der Waals surface area contributed by atoms with Crippen LogP contribution >= 0.6 is 0 Å². The Balaban J connectivity index is 1.91. The Bertz CT molecular complexity index is 549. The van der Waals surface area contributed by atoms with Crippen LogP contribution in [0.25, 0.3) is 0 Å². The largest absolute Gasteiger partial charge is 0.496 e. The smallest absolute Gasteiger partial charge is 0.329 e. The van der Waals surface area contributed by atoms with E-state index in [0.717, 1.165) is 31.2 Å². The maximum Gasteiger partial charge on any atom is 0.329 e. The summed E-state index contributed by atoms with van der Waals surface area (Å²) in [5.41, 5.74) is 3.01. The lowest BCUT2D eigenvalue weighted by molar-refractivity contribution is -0.145. The molecule has 1 aromatic carbocycles. The molecule has 0 unspecified atom stereocenters. The summed E-state index contributed by atoms with van der Waals surface area (Å²) in [6.45, 7) is 1.28. The highest BCUT2D eigenvalue weighted by Crippen LogP contribution is 2.14. The Morgan fingerprint density at radius 2 is 1.86 bits per heavy atom. The fourth-order valence-electron chi connectivity index (χ4n) is 2.40. The third-order valence-corrected chi connectivity index (χ3v) is 3.60. The minimum Gasteiger partial charge on any atom is -0.496 e. The summed E-state index contributed by atoms with van der Waals surface area (Å²) in [4.78, 5) is 25.5. The number of hydrogen-bond acceptors (Lipinski definition) is 4. The first kappa shape index (κ1) is 16.0. The molecular weight excluding hydrogens is 282 g/mol. The first-order valence-corrected chi connectivity index (χ1v) is 7.47. The summed E-state index contributed by atoms with van der Waals surface area (Å²) in [5.74, 6) is -0.563. The van der Waals surface area contributed by atoms with Crippen LogP contribution in [0.15, 0.2) is 29.4 Å². The van der Waals surface area contributed by atoms with Gasteiger partial charge in [-0.2, -0.15) is 5.10 Å². The molecule has 1 aliphatic heterocycles. The predicted molar refractivity (Wildman–Crippen MR) is 83.8 cm³/mol. The number of hydrazone groups is 1. The average Bonchev–Trinajstić information content (AvgIpc) is 2.83.